The molecule has 5 N–H and O–H groups in total. The van der Waals surface area contributed by atoms with Crippen LogP contribution in [0.25, 0.3) is 0 Å². The van der Waals surface area contributed by atoms with Crippen molar-refractivity contribution < 1.29 is 9.90 Å². The lowest BCUT2D eigenvalue weighted by Crippen LogP contribution is -2.09. The SMILES string of the molecule is CC(C)=O.CCNCC.CCO.N. The van der Waals surface area contributed by atoms with E-state index in [4.69, 9.17) is 5.11 Å². The highest BCUT2D eigenvalue weighted by atomic mass is 16.2. The van der Waals surface area contributed by atoms with E-state index >= 15 is 0 Å². The number of ketones is 1. The molecule has 0 spiro atoms. The highest BCUT2D eigenvalue weighted by Gasteiger charge is 1.63. The molecule has 0 fully saturated rings. The maximum absolute atomic E-state index is 9.44. The van der Waals surface area contributed by atoms with Crippen LogP contribution in [0, 0.1) is 0 Å². The van der Waals surface area contributed by atoms with Crippen molar-refractivity contribution in [3.8, 4) is 0 Å². The summed E-state index contributed by atoms with van der Waals surface area (Å²) in [6.45, 7) is 11.4. The van der Waals surface area contributed by atoms with E-state index in [1.165, 1.54) is 13.8 Å². The van der Waals surface area contributed by atoms with Gasteiger partial charge in [-0.3, -0.25) is 0 Å². The third-order valence-electron chi connectivity index (χ3n) is 0.500. The zero-order valence-corrected chi connectivity index (χ0v) is 9.68. The second-order valence-corrected chi connectivity index (χ2v) is 2.18. The van der Waals surface area contributed by atoms with Crippen molar-refractivity contribution in [3.63, 3.8) is 0 Å². The van der Waals surface area contributed by atoms with E-state index in [1.807, 2.05) is 0 Å². The van der Waals surface area contributed by atoms with Crippen LogP contribution >= 0.6 is 0 Å². The Morgan fingerprint density at radius 2 is 1.31 bits per heavy atom. The Hall–Kier alpha value is -0.450. The largest absolute Gasteiger partial charge is 0.397 e. The number of nitrogens with one attached hydrogen (secondary N) is 1. The van der Waals surface area contributed by atoms with Gasteiger partial charge in [0.05, 0.1) is 0 Å². The summed E-state index contributed by atoms with van der Waals surface area (Å²) in [5, 5.41) is 10.7. The van der Waals surface area contributed by atoms with Crippen molar-refractivity contribution in [2.45, 2.75) is 34.6 Å². The molecule has 0 aliphatic heterocycles. The van der Waals surface area contributed by atoms with Crippen LogP contribution in [0.2, 0.25) is 0 Å². The molecule has 0 heterocycles. The third kappa shape index (κ3) is 438. The highest BCUT2D eigenvalue weighted by Crippen LogP contribution is 1.50. The molecule has 4 nitrogen and oxygen atoms in total. The smallest absolute Gasteiger partial charge is 0.126 e. The number of hydrogen-bond acceptors (Lipinski definition) is 4. The summed E-state index contributed by atoms with van der Waals surface area (Å²) in [4.78, 5) is 9.44. The summed E-state index contributed by atoms with van der Waals surface area (Å²) in [5.74, 6) is 0.167. The van der Waals surface area contributed by atoms with Gasteiger partial charge in [0.1, 0.15) is 5.78 Å². The Kier molecular flexibility index (Phi) is 52.8. The Morgan fingerprint density at radius 3 is 1.31 bits per heavy atom. The molecule has 0 unspecified atom stereocenters. The van der Waals surface area contributed by atoms with Crippen LogP contribution in [-0.4, -0.2) is 30.6 Å². The lowest BCUT2D eigenvalue weighted by atomic mass is 10.6. The van der Waals surface area contributed by atoms with Crippen LogP contribution in [0.3, 0.4) is 0 Å². The predicted octanol–water partition coefficient (Wildman–Crippen LogP) is 1.37. The molecular weight excluding hydrogens is 168 g/mol. The molecule has 0 aromatic heterocycles. The van der Waals surface area contributed by atoms with E-state index in [0.717, 1.165) is 13.1 Å². The van der Waals surface area contributed by atoms with Crippen molar-refractivity contribution in [2.75, 3.05) is 19.7 Å². The molecule has 13 heavy (non-hydrogen) atoms. The van der Waals surface area contributed by atoms with Gasteiger partial charge in [-0.25, -0.2) is 0 Å². The lowest BCUT2D eigenvalue weighted by Gasteiger charge is -1.86. The highest BCUT2D eigenvalue weighted by molar-refractivity contribution is 5.72. The standard InChI is InChI=1S/C4H11N.C3H6O.C2H6O.H3N/c1-3-5-4-2;1-3(2)4;1-2-3;/h5H,3-4H2,1-2H3;1-2H3;3H,2H2,1H3;1H3. The van der Waals surface area contributed by atoms with Crippen LogP contribution in [0.1, 0.15) is 34.6 Å². The maximum atomic E-state index is 9.44. The molecule has 0 rings (SSSR count). The van der Waals surface area contributed by atoms with Crippen LogP contribution in [0.5, 0.6) is 0 Å². The number of aliphatic hydroxyl groups is 1. The molecule has 0 radical (unpaired) electrons. The van der Waals surface area contributed by atoms with Crippen molar-refractivity contribution in [1.29, 1.82) is 0 Å². The number of carbonyl (C=O) groups is 1. The zero-order chi connectivity index (χ0) is 10.4. The second kappa shape index (κ2) is 30.0. The summed E-state index contributed by atoms with van der Waals surface area (Å²) >= 11 is 0. The number of aliphatic hydroxyl groups excluding tert-OH is 1. The zero-order valence-electron chi connectivity index (χ0n) is 9.68. The minimum absolute atomic E-state index is 0. The number of rotatable bonds is 2. The first-order chi connectivity index (χ1) is 5.56. The Morgan fingerprint density at radius 1 is 1.15 bits per heavy atom. The Labute approximate surface area is 82.3 Å². The van der Waals surface area contributed by atoms with Crippen LogP contribution < -0.4 is 11.5 Å². The van der Waals surface area contributed by atoms with Gasteiger partial charge in [0.2, 0.25) is 0 Å². The fraction of sp³-hybridized carbons (Fsp3) is 0.889. The van der Waals surface area contributed by atoms with Gasteiger partial charge < -0.3 is 21.4 Å². The average molecular weight is 194 g/mol. The molecule has 4 heteroatoms. The van der Waals surface area contributed by atoms with E-state index in [9.17, 15) is 4.79 Å². The van der Waals surface area contributed by atoms with E-state index in [2.05, 4.69) is 19.2 Å². The molecule has 0 amide bonds. The molecule has 84 valence electrons. The maximum Gasteiger partial charge on any atom is 0.126 e. The van der Waals surface area contributed by atoms with E-state index < -0.39 is 0 Å². The summed E-state index contributed by atoms with van der Waals surface area (Å²) in [7, 11) is 0. The Bertz CT molecular complexity index is 72.0. The van der Waals surface area contributed by atoms with Gasteiger partial charge in [0.25, 0.3) is 0 Å². The van der Waals surface area contributed by atoms with Gasteiger partial charge in [-0.2, -0.15) is 0 Å². The van der Waals surface area contributed by atoms with Gasteiger partial charge in [-0.1, -0.05) is 13.8 Å². The van der Waals surface area contributed by atoms with Gasteiger partial charge in [-0.15, -0.1) is 0 Å². The van der Waals surface area contributed by atoms with E-state index in [1.54, 1.807) is 6.92 Å². The monoisotopic (exact) mass is 194 g/mol. The van der Waals surface area contributed by atoms with Gasteiger partial charge in [-0.05, 0) is 33.9 Å². The Balaban J connectivity index is -0.0000000465. The molecule has 0 aromatic rings. The van der Waals surface area contributed by atoms with Crippen molar-refractivity contribution in [2.24, 2.45) is 0 Å². The first kappa shape index (κ1) is 22.9. The van der Waals surface area contributed by atoms with Gasteiger partial charge in [0.15, 0.2) is 0 Å². The van der Waals surface area contributed by atoms with E-state index in [-0.39, 0.29) is 18.5 Å². The average Bonchev–Trinajstić information content (AvgIpc) is 1.89. The molecule has 0 bridgehead atoms. The fourth-order valence-corrected chi connectivity index (χ4v) is 0.250. The normalized spacial score (nSPS) is 6.62. The number of Topliss-reactive ketones (excluding diaryl/α,β-unsaturated/α-hetero) is 1. The summed E-state index contributed by atoms with van der Waals surface area (Å²) in [6.07, 6.45) is 0. The molecule has 0 aromatic carbocycles. The topological polar surface area (TPSA) is 84.3 Å². The second-order valence-electron chi connectivity index (χ2n) is 2.18. The fourth-order valence-electron chi connectivity index (χ4n) is 0.250. The van der Waals surface area contributed by atoms with Crippen LogP contribution in [0.15, 0.2) is 0 Å². The summed E-state index contributed by atoms with van der Waals surface area (Å²) in [6, 6.07) is 0. The molecule has 0 aliphatic rings. The van der Waals surface area contributed by atoms with E-state index in [0.29, 0.717) is 0 Å². The third-order valence-corrected chi connectivity index (χ3v) is 0.500. The van der Waals surface area contributed by atoms with Crippen molar-refractivity contribution in [3.05, 3.63) is 0 Å². The number of carbonyl (C=O) groups excluding carboxylic acids is 1. The van der Waals surface area contributed by atoms with Crippen LogP contribution in [0.4, 0.5) is 0 Å². The predicted molar refractivity (Wildman–Crippen MR) is 58.4 cm³/mol. The molecule has 0 atom stereocenters. The van der Waals surface area contributed by atoms with Gasteiger partial charge >= 0.3 is 0 Å². The number of hydrogen-bond donors (Lipinski definition) is 3. The van der Waals surface area contributed by atoms with Crippen LogP contribution in [-0.2, 0) is 4.79 Å². The molecule has 0 saturated heterocycles. The lowest BCUT2D eigenvalue weighted by molar-refractivity contribution is -0.114. The summed E-state index contributed by atoms with van der Waals surface area (Å²) in [5.41, 5.74) is 0. The van der Waals surface area contributed by atoms with Crippen molar-refractivity contribution >= 4 is 5.78 Å². The minimum Gasteiger partial charge on any atom is -0.397 e. The quantitative estimate of drug-likeness (QED) is 0.620. The first-order valence-electron chi connectivity index (χ1n) is 4.35. The van der Waals surface area contributed by atoms with Gasteiger partial charge in [0, 0.05) is 6.61 Å². The molecule has 0 saturated carbocycles. The minimum atomic E-state index is 0. The molecule has 0 aliphatic carbocycles. The summed E-state index contributed by atoms with van der Waals surface area (Å²) < 4.78 is 0. The first-order valence-corrected chi connectivity index (χ1v) is 4.35. The van der Waals surface area contributed by atoms with Crippen molar-refractivity contribution in [1.82, 2.24) is 11.5 Å². The molecular formula is C9H26N2O2.